The number of anilines is 4. The van der Waals surface area contributed by atoms with Gasteiger partial charge in [-0.2, -0.15) is 26.3 Å². The van der Waals surface area contributed by atoms with Gasteiger partial charge in [0.15, 0.2) is 0 Å². The molecule has 2 aromatic carbocycles. The second kappa shape index (κ2) is 11.7. The molecule has 0 radical (unpaired) electrons. The van der Waals surface area contributed by atoms with Gasteiger partial charge < -0.3 is 29.9 Å². The van der Waals surface area contributed by atoms with Crippen molar-refractivity contribution in [1.29, 1.82) is 0 Å². The molecule has 39 heavy (non-hydrogen) atoms. The first-order valence-electron chi connectivity index (χ1n) is 12.0. The van der Waals surface area contributed by atoms with E-state index in [-0.39, 0.29) is 49.1 Å². The molecular weight excluding hydrogens is 534 g/mol. The predicted molar refractivity (Wildman–Crippen MR) is 131 cm³/mol. The van der Waals surface area contributed by atoms with Crippen LogP contribution in [0.1, 0.15) is 6.42 Å². The summed E-state index contributed by atoms with van der Waals surface area (Å²) in [7, 11) is 0. The van der Waals surface area contributed by atoms with E-state index in [1.807, 2.05) is 0 Å². The molecule has 2 N–H and O–H groups in total. The normalized spacial score (nSPS) is 20.5. The number of morpholine rings is 2. The second-order valence-electron chi connectivity index (χ2n) is 8.96. The number of alkyl halides is 6. The van der Waals surface area contributed by atoms with Gasteiger partial charge in [-0.15, -0.1) is 0 Å². The lowest BCUT2D eigenvalue weighted by Gasteiger charge is -2.39. The highest BCUT2D eigenvalue weighted by Gasteiger charge is 2.47. The van der Waals surface area contributed by atoms with Crippen molar-refractivity contribution < 1.29 is 45.4 Å². The Morgan fingerprint density at radius 3 is 1.49 bits per heavy atom. The topological polar surface area (TPSA) is 83.1 Å². The molecule has 2 amide bonds. The number of hydrogen-bond donors (Lipinski definition) is 2. The molecule has 14 heteroatoms. The third kappa shape index (κ3) is 6.92. The van der Waals surface area contributed by atoms with Crippen LogP contribution in [0.2, 0.25) is 0 Å². The van der Waals surface area contributed by atoms with Crippen LogP contribution in [0.25, 0.3) is 0 Å². The number of amides is 2. The van der Waals surface area contributed by atoms with Crippen molar-refractivity contribution in [2.45, 2.75) is 30.9 Å². The fourth-order valence-electron chi connectivity index (χ4n) is 4.52. The van der Waals surface area contributed by atoms with Gasteiger partial charge in [0.25, 0.3) is 0 Å². The molecule has 0 aliphatic carbocycles. The molecule has 2 atom stereocenters. The van der Waals surface area contributed by atoms with Crippen LogP contribution in [0.5, 0.6) is 0 Å². The lowest BCUT2D eigenvalue weighted by Crippen LogP contribution is -2.53. The molecule has 2 saturated heterocycles. The van der Waals surface area contributed by atoms with Gasteiger partial charge in [-0.25, -0.2) is 0 Å². The van der Waals surface area contributed by atoms with Gasteiger partial charge in [0.1, 0.15) is 18.5 Å². The van der Waals surface area contributed by atoms with Gasteiger partial charge >= 0.3 is 12.4 Å². The Hall–Kier alpha value is -3.52. The minimum Gasteiger partial charge on any atom is -0.377 e. The van der Waals surface area contributed by atoms with Gasteiger partial charge in [-0.1, -0.05) is 24.3 Å². The van der Waals surface area contributed by atoms with E-state index in [9.17, 15) is 35.9 Å². The van der Waals surface area contributed by atoms with E-state index >= 15 is 0 Å². The summed E-state index contributed by atoms with van der Waals surface area (Å²) in [6, 6.07) is 7.96. The summed E-state index contributed by atoms with van der Waals surface area (Å²) in [5.74, 6) is -1.62. The average molecular weight is 560 g/mol. The number of ether oxygens (including phenoxy) is 2. The van der Waals surface area contributed by atoms with Crippen molar-refractivity contribution in [2.24, 2.45) is 0 Å². The Morgan fingerprint density at radius 2 is 1.10 bits per heavy atom. The maximum absolute atomic E-state index is 13.6. The molecule has 2 heterocycles. The van der Waals surface area contributed by atoms with Gasteiger partial charge in [0.2, 0.25) is 11.8 Å². The molecule has 0 bridgehead atoms. The third-order valence-electron chi connectivity index (χ3n) is 6.31. The molecule has 2 aliphatic rings. The van der Waals surface area contributed by atoms with E-state index in [2.05, 4.69) is 10.6 Å². The third-order valence-corrected chi connectivity index (χ3v) is 6.31. The standard InChI is InChI=1S/C25H26F6N4O4/c26-24(27,28)20-14-38-11-9-34(20)18-7-3-1-5-16(18)32-22(36)13-23(37)33-17-6-2-4-8-19(17)35-10-12-39-15-21(35)25(29,30)31/h1-8,20-21H,9-15H2,(H,32,36)(H,33,37). The zero-order chi connectivity index (χ0) is 28.2. The van der Waals surface area contributed by atoms with E-state index in [0.29, 0.717) is 0 Å². The number of nitrogens with one attached hydrogen (secondary N) is 2. The first-order valence-corrected chi connectivity index (χ1v) is 12.0. The minimum atomic E-state index is -4.57. The average Bonchev–Trinajstić information content (AvgIpc) is 2.88. The maximum atomic E-state index is 13.6. The van der Waals surface area contributed by atoms with Crippen molar-refractivity contribution in [3.05, 3.63) is 48.5 Å². The molecule has 0 saturated carbocycles. The predicted octanol–water partition coefficient (Wildman–Crippen LogP) is 4.19. The Morgan fingerprint density at radius 1 is 0.718 bits per heavy atom. The molecular formula is C25H26F6N4O4. The fourth-order valence-corrected chi connectivity index (χ4v) is 4.52. The molecule has 0 spiro atoms. The Kier molecular flexibility index (Phi) is 8.54. The van der Waals surface area contributed by atoms with Crippen LogP contribution < -0.4 is 20.4 Å². The van der Waals surface area contributed by atoms with E-state index in [0.717, 1.165) is 9.80 Å². The van der Waals surface area contributed by atoms with Crippen LogP contribution in [0.4, 0.5) is 49.1 Å². The Bertz CT molecular complexity index is 1090. The highest BCUT2D eigenvalue weighted by molar-refractivity contribution is 6.09. The van der Waals surface area contributed by atoms with Crippen LogP contribution in [0.3, 0.4) is 0 Å². The summed E-state index contributed by atoms with van der Waals surface area (Å²) < 4.78 is 91.4. The number of hydrogen-bond acceptors (Lipinski definition) is 6. The van der Waals surface area contributed by atoms with Crippen molar-refractivity contribution in [1.82, 2.24) is 0 Å². The van der Waals surface area contributed by atoms with E-state index in [4.69, 9.17) is 9.47 Å². The summed E-state index contributed by atoms with van der Waals surface area (Å²) in [5, 5.41) is 4.95. The molecule has 4 rings (SSSR count). The summed E-state index contributed by atoms with van der Waals surface area (Å²) in [6.45, 7) is -1.12. The highest BCUT2D eigenvalue weighted by Crippen LogP contribution is 2.36. The second-order valence-corrected chi connectivity index (χ2v) is 8.96. The van der Waals surface area contributed by atoms with Gasteiger partial charge in [0, 0.05) is 13.1 Å². The number of carbonyl (C=O) groups excluding carboxylic acids is 2. The Labute approximate surface area is 219 Å². The Balaban J connectivity index is 1.46. The lowest BCUT2D eigenvalue weighted by atomic mass is 10.1. The summed E-state index contributed by atoms with van der Waals surface area (Å²) in [4.78, 5) is 27.6. The van der Waals surface area contributed by atoms with Crippen LogP contribution in [0.15, 0.2) is 48.5 Å². The van der Waals surface area contributed by atoms with Gasteiger partial charge in [-0.05, 0) is 24.3 Å². The molecule has 2 aromatic rings. The molecule has 2 fully saturated rings. The molecule has 2 unspecified atom stereocenters. The number of benzene rings is 2. The zero-order valence-electron chi connectivity index (χ0n) is 20.5. The van der Waals surface area contributed by atoms with Crippen molar-refractivity contribution >= 4 is 34.6 Å². The number of carbonyl (C=O) groups is 2. The van der Waals surface area contributed by atoms with E-state index in [1.54, 1.807) is 0 Å². The molecule has 212 valence electrons. The smallest absolute Gasteiger partial charge is 0.377 e. The van der Waals surface area contributed by atoms with Gasteiger partial charge in [0.05, 0.1) is 49.2 Å². The van der Waals surface area contributed by atoms with Gasteiger partial charge in [-0.3, -0.25) is 9.59 Å². The van der Waals surface area contributed by atoms with Crippen molar-refractivity contribution in [3.8, 4) is 0 Å². The summed E-state index contributed by atoms with van der Waals surface area (Å²) in [5.41, 5.74) is 0.391. The number of nitrogens with zero attached hydrogens (tertiary/aromatic N) is 2. The van der Waals surface area contributed by atoms with Crippen LogP contribution in [-0.2, 0) is 19.1 Å². The monoisotopic (exact) mass is 560 g/mol. The maximum Gasteiger partial charge on any atom is 0.411 e. The van der Waals surface area contributed by atoms with Crippen molar-refractivity contribution in [2.75, 3.05) is 60.0 Å². The SMILES string of the molecule is O=C(CC(=O)Nc1ccccc1N1CCOCC1C(F)(F)F)Nc1ccccc1N1CCOCC1C(F)(F)F. The minimum absolute atomic E-state index is 0.0607. The number of halogens is 6. The fraction of sp³-hybridized carbons (Fsp3) is 0.440. The first-order chi connectivity index (χ1) is 18.4. The van der Waals surface area contributed by atoms with Crippen molar-refractivity contribution in [3.63, 3.8) is 0 Å². The van der Waals surface area contributed by atoms with Crippen LogP contribution >= 0.6 is 0 Å². The number of para-hydroxylation sites is 4. The van der Waals surface area contributed by atoms with E-state index in [1.165, 1.54) is 48.5 Å². The lowest BCUT2D eigenvalue weighted by molar-refractivity contribution is -0.167. The molecule has 8 nitrogen and oxygen atoms in total. The van der Waals surface area contributed by atoms with Crippen LogP contribution in [-0.4, -0.2) is 75.8 Å². The summed E-state index contributed by atoms with van der Waals surface area (Å²) in [6.07, 6.45) is -9.87. The zero-order valence-corrected chi connectivity index (χ0v) is 20.5. The van der Waals surface area contributed by atoms with Crippen LogP contribution in [0, 0.1) is 0 Å². The largest absolute Gasteiger partial charge is 0.411 e. The number of rotatable bonds is 6. The molecule has 2 aliphatic heterocycles. The quantitative estimate of drug-likeness (QED) is 0.408. The highest BCUT2D eigenvalue weighted by atomic mass is 19.4. The van der Waals surface area contributed by atoms with E-state index < -0.39 is 55.9 Å². The molecule has 0 aromatic heterocycles. The first kappa shape index (κ1) is 28.5. The summed E-state index contributed by atoms with van der Waals surface area (Å²) >= 11 is 0.